The van der Waals surface area contributed by atoms with E-state index in [9.17, 15) is 17.6 Å². The molecule has 1 aromatic rings. The summed E-state index contributed by atoms with van der Waals surface area (Å²) in [6.07, 6.45) is 1.12. The van der Waals surface area contributed by atoms with Crippen LogP contribution in [-0.4, -0.2) is 68.0 Å². The number of hydrogen-bond acceptors (Lipinski definition) is 4. The molecule has 0 N–H and O–H groups in total. The molecule has 1 aromatic carbocycles. The van der Waals surface area contributed by atoms with Crippen molar-refractivity contribution in [2.24, 2.45) is 0 Å². The Bertz CT molecular complexity index is 706. The molecule has 2 rings (SSSR count). The Hall–Kier alpha value is -1.67. The molecule has 140 valence electrons. The predicted octanol–water partition coefficient (Wildman–Crippen LogP) is 1.53. The normalized spacial score (nSPS) is 16.4. The summed E-state index contributed by atoms with van der Waals surface area (Å²) >= 11 is 0. The second kappa shape index (κ2) is 7.29. The predicted molar refractivity (Wildman–Crippen MR) is 96.5 cm³/mol. The van der Waals surface area contributed by atoms with Crippen LogP contribution in [-0.2, 0) is 14.8 Å². The number of benzene rings is 1. The second-order valence-electron chi connectivity index (χ2n) is 7.28. The van der Waals surface area contributed by atoms with Crippen LogP contribution in [0.3, 0.4) is 0 Å². The first-order valence-electron chi connectivity index (χ1n) is 8.24. The lowest BCUT2D eigenvalue weighted by Gasteiger charge is -2.38. The molecule has 0 aliphatic carbocycles. The first-order chi connectivity index (χ1) is 11.5. The van der Waals surface area contributed by atoms with Gasteiger partial charge in [-0.2, -0.15) is 4.31 Å². The minimum atomic E-state index is -3.47. The SMILES string of the molecule is CC(C)(C)N(CC(=O)N1CCN(c2ccc(F)cc2)CC1)S(C)(=O)=O. The third kappa shape index (κ3) is 5.15. The molecule has 0 bridgehead atoms. The minimum absolute atomic E-state index is 0.154. The van der Waals surface area contributed by atoms with Crippen molar-refractivity contribution < 1.29 is 17.6 Å². The van der Waals surface area contributed by atoms with Crippen LogP contribution in [0.5, 0.6) is 0 Å². The Labute approximate surface area is 149 Å². The summed E-state index contributed by atoms with van der Waals surface area (Å²) in [4.78, 5) is 16.3. The smallest absolute Gasteiger partial charge is 0.238 e. The molecule has 0 atom stereocenters. The zero-order chi connectivity index (χ0) is 18.8. The molecule has 25 heavy (non-hydrogen) atoms. The van der Waals surface area contributed by atoms with Gasteiger partial charge in [0.1, 0.15) is 5.82 Å². The Morgan fingerprint density at radius 1 is 1.12 bits per heavy atom. The average Bonchev–Trinajstić information content (AvgIpc) is 2.51. The van der Waals surface area contributed by atoms with Crippen molar-refractivity contribution >= 4 is 21.6 Å². The molecule has 1 amide bonds. The third-order valence-electron chi connectivity index (χ3n) is 4.25. The van der Waals surface area contributed by atoms with Crippen LogP contribution >= 0.6 is 0 Å². The standard InChI is InChI=1S/C17H26FN3O3S/c1-17(2,3)21(25(4,23)24)13-16(22)20-11-9-19(10-12-20)15-7-5-14(18)6-8-15/h5-8H,9-13H2,1-4H3. The van der Waals surface area contributed by atoms with Gasteiger partial charge in [-0.25, -0.2) is 12.8 Å². The van der Waals surface area contributed by atoms with Crippen LogP contribution < -0.4 is 4.90 Å². The summed E-state index contributed by atoms with van der Waals surface area (Å²) in [6.45, 7) is 7.45. The second-order valence-corrected chi connectivity index (χ2v) is 9.19. The maximum atomic E-state index is 13.0. The van der Waals surface area contributed by atoms with E-state index in [4.69, 9.17) is 0 Å². The highest BCUT2D eigenvalue weighted by atomic mass is 32.2. The summed E-state index contributed by atoms with van der Waals surface area (Å²) in [5.74, 6) is -0.472. The highest BCUT2D eigenvalue weighted by Crippen LogP contribution is 2.19. The van der Waals surface area contributed by atoms with Crippen molar-refractivity contribution in [3.05, 3.63) is 30.1 Å². The summed E-state index contributed by atoms with van der Waals surface area (Å²) in [7, 11) is -3.47. The van der Waals surface area contributed by atoms with E-state index in [2.05, 4.69) is 4.90 Å². The Morgan fingerprint density at radius 3 is 2.08 bits per heavy atom. The van der Waals surface area contributed by atoms with Gasteiger partial charge < -0.3 is 9.80 Å². The Kier molecular flexibility index (Phi) is 5.73. The summed E-state index contributed by atoms with van der Waals surface area (Å²) in [5, 5.41) is 0. The molecule has 8 heteroatoms. The largest absolute Gasteiger partial charge is 0.368 e. The van der Waals surface area contributed by atoms with Gasteiger partial charge in [-0.05, 0) is 45.0 Å². The van der Waals surface area contributed by atoms with Gasteiger partial charge in [0.2, 0.25) is 15.9 Å². The van der Waals surface area contributed by atoms with Gasteiger partial charge >= 0.3 is 0 Å². The monoisotopic (exact) mass is 371 g/mol. The van der Waals surface area contributed by atoms with Crippen molar-refractivity contribution in [3.8, 4) is 0 Å². The van der Waals surface area contributed by atoms with Crippen LogP contribution in [0.1, 0.15) is 20.8 Å². The molecule has 1 saturated heterocycles. The Morgan fingerprint density at radius 2 is 1.64 bits per heavy atom. The first-order valence-corrected chi connectivity index (χ1v) is 10.1. The van der Waals surface area contributed by atoms with Crippen LogP contribution in [0.25, 0.3) is 0 Å². The molecule has 6 nitrogen and oxygen atoms in total. The molecule has 0 radical (unpaired) electrons. The average molecular weight is 371 g/mol. The zero-order valence-corrected chi connectivity index (χ0v) is 16.0. The lowest BCUT2D eigenvalue weighted by atomic mass is 10.1. The molecule has 0 unspecified atom stereocenters. The number of rotatable bonds is 4. The molecule has 0 aromatic heterocycles. The van der Waals surface area contributed by atoms with Gasteiger partial charge in [0.05, 0.1) is 12.8 Å². The fraction of sp³-hybridized carbons (Fsp3) is 0.588. The summed E-state index contributed by atoms with van der Waals surface area (Å²) in [5.41, 5.74) is 0.264. The van der Waals surface area contributed by atoms with E-state index < -0.39 is 15.6 Å². The maximum absolute atomic E-state index is 13.0. The molecular formula is C17H26FN3O3S. The molecule has 1 fully saturated rings. The number of hydrogen-bond donors (Lipinski definition) is 0. The van der Waals surface area contributed by atoms with Gasteiger partial charge in [0.15, 0.2) is 0 Å². The van der Waals surface area contributed by atoms with Gasteiger partial charge in [-0.3, -0.25) is 4.79 Å². The summed E-state index contributed by atoms with van der Waals surface area (Å²) < 4.78 is 38.2. The van der Waals surface area contributed by atoms with E-state index >= 15 is 0 Å². The fourth-order valence-corrected chi connectivity index (χ4v) is 4.28. The van der Waals surface area contributed by atoms with E-state index in [-0.39, 0.29) is 18.3 Å². The Balaban J connectivity index is 1.98. The van der Waals surface area contributed by atoms with E-state index in [0.29, 0.717) is 26.2 Å². The van der Waals surface area contributed by atoms with E-state index in [1.165, 1.54) is 16.4 Å². The van der Waals surface area contributed by atoms with Crippen molar-refractivity contribution in [2.45, 2.75) is 26.3 Å². The van der Waals surface area contributed by atoms with Crippen LogP contribution in [0.4, 0.5) is 10.1 Å². The van der Waals surface area contributed by atoms with E-state index in [1.807, 2.05) is 0 Å². The van der Waals surface area contributed by atoms with E-state index in [1.54, 1.807) is 37.8 Å². The van der Waals surface area contributed by atoms with Crippen LogP contribution in [0.15, 0.2) is 24.3 Å². The van der Waals surface area contributed by atoms with Crippen molar-refractivity contribution in [1.82, 2.24) is 9.21 Å². The number of amides is 1. The number of halogens is 1. The molecular weight excluding hydrogens is 345 g/mol. The summed E-state index contributed by atoms with van der Waals surface area (Å²) in [6, 6.07) is 6.27. The lowest BCUT2D eigenvalue weighted by Crippen LogP contribution is -2.54. The molecule has 1 aliphatic heterocycles. The van der Waals surface area contributed by atoms with Gasteiger partial charge in [0.25, 0.3) is 0 Å². The highest BCUT2D eigenvalue weighted by molar-refractivity contribution is 7.88. The van der Waals surface area contributed by atoms with Gasteiger partial charge in [-0.1, -0.05) is 0 Å². The molecule has 1 aliphatic rings. The van der Waals surface area contributed by atoms with Crippen molar-refractivity contribution in [3.63, 3.8) is 0 Å². The van der Waals surface area contributed by atoms with Crippen molar-refractivity contribution in [1.29, 1.82) is 0 Å². The van der Waals surface area contributed by atoms with E-state index in [0.717, 1.165) is 11.9 Å². The number of carbonyl (C=O) groups is 1. The third-order valence-corrected chi connectivity index (χ3v) is 5.73. The topological polar surface area (TPSA) is 60.9 Å². The number of anilines is 1. The number of carbonyl (C=O) groups excluding carboxylic acids is 1. The van der Waals surface area contributed by atoms with Crippen LogP contribution in [0.2, 0.25) is 0 Å². The molecule has 0 saturated carbocycles. The van der Waals surface area contributed by atoms with Gasteiger partial charge in [-0.15, -0.1) is 0 Å². The maximum Gasteiger partial charge on any atom is 0.238 e. The number of piperazine rings is 1. The zero-order valence-electron chi connectivity index (χ0n) is 15.2. The van der Waals surface area contributed by atoms with Gasteiger partial charge in [0, 0.05) is 37.4 Å². The first kappa shape index (κ1) is 19.7. The highest BCUT2D eigenvalue weighted by Gasteiger charge is 2.33. The lowest BCUT2D eigenvalue weighted by molar-refractivity contribution is -0.132. The quantitative estimate of drug-likeness (QED) is 0.805. The number of nitrogens with zero attached hydrogens (tertiary/aromatic N) is 3. The molecule has 1 heterocycles. The van der Waals surface area contributed by atoms with Crippen LogP contribution in [0, 0.1) is 5.82 Å². The fourth-order valence-electron chi connectivity index (χ4n) is 2.94. The van der Waals surface area contributed by atoms with Crippen molar-refractivity contribution in [2.75, 3.05) is 43.9 Å². The molecule has 0 spiro atoms. The minimum Gasteiger partial charge on any atom is -0.368 e. The number of sulfonamides is 1.